The van der Waals surface area contributed by atoms with Gasteiger partial charge in [-0.2, -0.15) is 5.10 Å². The molecule has 0 radical (unpaired) electrons. The number of piperazine rings is 1. The summed E-state index contributed by atoms with van der Waals surface area (Å²) in [6.45, 7) is 9.04. The molecule has 0 amide bonds. The molecular weight excluding hydrogens is 436 g/mol. The van der Waals surface area contributed by atoms with Crippen LogP contribution >= 0.6 is 0 Å². The van der Waals surface area contributed by atoms with Gasteiger partial charge in [0.15, 0.2) is 5.82 Å². The summed E-state index contributed by atoms with van der Waals surface area (Å²) in [5.74, 6) is 1.74. The number of nitrogens with zero attached hydrogens (tertiary/aromatic N) is 7. The Morgan fingerprint density at radius 1 is 0.886 bits per heavy atom. The zero-order valence-corrected chi connectivity index (χ0v) is 20.4. The van der Waals surface area contributed by atoms with E-state index in [2.05, 4.69) is 60.3 Å². The van der Waals surface area contributed by atoms with Crippen LogP contribution in [0.5, 0.6) is 0 Å². The number of nitrogens with one attached hydrogen (secondary N) is 1. The molecule has 2 unspecified atom stereocenters. The van der Waals surface area contributed by atoms with Gasteiger partial charge in [-0.1, -0.05) is 6.07 Å². The molecule has 3 fully saturated rings. The minimum Gasteiger partial charge on any atom is -0.353 e. The van der Waals surface area contributed by atoms with Crippen molar-refractivity contribution < 1.29 is 0 Å². The van der Waals surface area contributed by atoms with Gasteiger partial charge in [-0.3, -0.25) is 15.0 Å². The Hall–Kier alpha value is -3.65. The van der Waals surface area contributed by atoms with Crippen LogP contribution in [0, 0.1) is 20.8 Å². The highest BCUT2D eigenvalue weighted by molar-refractivity contribution is 5.57. The number of piperidine rings is 1. The molecular formula is C27H30N8. The molecule has 0 spiro atoms. The number of aromatic amines is 1. The number of anilines is 1. The van der Waals surface area contributed by atoms with Gasteiger partial charge in [0.25, 0.3) is 0 Å². The van der Waals surface area contributed by atoms with Crippen LogP contribution < -0.4 is 4.90 Å². The summed E-state index contributed by atoms with van der Waals surface area (Å²) in [7, 11) is 0. The first kappa shape index (κ1) is 21.9. The van der Waals surface area contributed by atoms with E-state index in [1.807, 2.05) is 39.2 Å². The molecule has 2 atom stereocenters. The molecule has 0 aromatic carbocycles. The first-order valence-corrected chi connectivity index (χ1v) is 12.2. The minimum absolute atomic E-state index is 0.574. The third-order valence-electron chi connectivity index (χ3n) is 7.04. The molecule has 0 aliphatic carbocycles. The van der Waals surface area contributed by atoms with E-state index < -0.39 is 0 Å². The van der Waals surface area contributed by atoms with E-state index in [1.165, 1.54) is 12.0 Å². The van der Waals surface area contributed by atoms with E-state index in [-0.39, 0.29) is 0 Å². The van der Waals surface area contributed by atoms with Crippen LogP contribution in [-0.4, -0.2) is 60.2 Å². The molecule has 1 N–H and O–H groups in total. The number of hydrogen-bond acceptors (Lipinski definition) is 7. The van der Waals surface area contributed by atoms with Crippen molar-refractivity contribution >= 4 is 5.82 Å². The van der Waals surface area contributed by atoms with Gasteiger partial charge in [-0.15, -0.1) is 0 Å². The van der Waals surface area contributed by atoms with Gasteiger partial charge < -0.3 is 4.90 Å². The summed E-state index contributed by atoms with van der Waals surface area (Å²) in [6.07, 6.45) is 5.86. The fourth-order valence-electron chi connectivity index (χ4n) is 5.24. The molecule has 7 rings (SSSR count). The molecule has 3 aliphatic heterocycles. The Morgan fingerprint density at radius 2 is 1.74 bits per heavy atom. The molecule has 35 heavy (non-hydrogen) atoms. The van der Waals surface area contributed by atoms with E-state index in [1.54, 1.807) is 0 Å². The van der Waals surface area contributed by atoms with E-state index in [4.69, 9.17) is 9.97 Å². The van der Waals surface area contributed by atoms with Crippen LogP contribution in [0.1, 0.15) is 40.5 Å². The lowest BCUT2D eigenvalue weighted by atomic mass is 9.87. The molecule has 8 nitrogen and oxygen atoms in total. The minimum atomic E-state index is 0.574. The second-order valence-corrected chi connectivity index (χ2v) is 9.88. The third kappa shape index (κ3) is 4.53. The van der Waals surface area contributed by atoms with E-state index in [0.717, 1.165) is 59.5 Å². The highest BCUT2D eigenvalue weighted by atomic mass is 15.4. The third-order valence-corrected chi connectivity index (χ3v) is 7.04. The van der Waals surface area contributed by atoms with Crippen molar-refractivity contribution in [3.63, 3.8) is 0 Å². The van der Waals surface area contributed by atoms with Gasteiger partial charge in [0.1, 0.15) is 5.82 Å². The summed E-state index contributed by atoms with van der Waals surface area (Å²) in [6, 6.07) is 13.7. The summed E-state index contributed by atoms with van der Waals surface area (Å²) in [5, 5.41) is 7.33. The number of H-pyrrole nitrogens is 1. The van der Waals surface area contributed by atoms with Crippen LogP contribution in [0.3, 0.4) is 0 Å². The number of hydrogen-bond donors (Lipinski definition) is 1. The first-order chi connectivity index (χ1) is 17.0. The van der Waals surface area contributed by atoms with E-state index in [9.17, 15) is 0 Å². The van der Waals surface area contributed by atoms with Crippen LogP contribution in [0.2, 0.25) is 0 Å². The number of fused-ring (bicyclic) bond motifs is 2. The molecule has 7 heterocycles. The van der Waals surface area contributed by atoms with Crippen LogP contribution in [0.15, 0.2) is 48.8 Å². The smallest absolute Gasteiger partial charge is 0.161 e. The van der Waals surface area contributed by atoms with Crippen molar-refractivity contribution in [2.75, 3.05) is 18.0 Å². The van der Waals surface area contributed by atoms with Crippen molar-refractivity contribution in [2.24, 2.45) is 0 Å². The molecule has 0 saturated carbocycles. The molecule has 3 aliphatic rings. The van der Waals surface area contributed by atoms with Crippen LogP contribution in [0.25, 0.3) is 11.4 Å². The Morgan fingerprint density at radius 3 is 2.43 bits per heavy atom. The molecule has 8 heteroatoms. The number of aromatic nitrogens is 6. The number of rotatable bonds is 6. The predicted molar refractivity (Wildman–Crippen MR) is 135 cm³/mol. The standard InChI is InChI=1S/C27H30N8/c1-17-4-5-20(12-28-17)14-35-24-11-25(35)16-34(15-24)26-7-6-21(13-29-26)27-30-18(2)8-22(31-27)10-23-9-19(3)32-33-23/h4-9,12-13,24-25H,10-11,14-16H2,1-3H3,(H,32,33). The van der Waals surface area contributed by atoms with Gasteiger partial charge in [0.05, 0.1) is 11.4 Å². The molecule has 2 bridgehead atoms. The fourth-order valence-corrected chi connectivity index (χ4v) is 5.24. The Labute approximate surface area is 205 Å². The Bertz CT molecular complexity index is 1320. The maximum Gasteiger partial charge on any atom is 0.161 e. The highest BCUT2D eigenvalue weighted by Crippen LogP contribution is 2.35. The lowest BCUT2D eigenvalue weighted by Gasteiger charge is -2.56. The molecule has 178 valence electrons. The summed E-state index contributed by atoms with van der Waals surface area (Å²) in [5.41, 5.74) is 7.24. The normalized spacial score (nSPS) is 19.6. The Kier molecular flexibility index (Phi) is 5.53. The zero-order valence-electron chi connectivity index (χ0n) is 20.4. The van der Waals surface area contributed by atoms with E-state index >= 15 is 0 Å². The predicted octanol–water partition coefficient (Wildman–Crippen LogP) is 3.64. The zero-order chi connectivity index (χ0) is 23.9. The van der Waals surface area contributed by atoms with Crippen LogP contribution in [-0.2, 0) is 13.0 Å². The quantitative estimate of drug-likeness (QED) is 0.464. The summed E-state index contributed by atoms with van der Waals surface area (Å²) < 4.78 is 0. The van der Waals surface area contributed by atoms with Gasteiger partial charge >= 0.3 is 0 Å². The first-order valence-electron chi connectivity index (χ1n) is 12.2. The fraction of sp³-hybridized carbons (Fsp3) is 0.370. The van der Waals surface area contributed by atoms with Crippen molar-refractivity contribution in [2.45, 2.75) is 52.2 Å². The van der Waals surface area contributed by atoms with Crippen molar-refractivity contribution in [1.29, 1.82) is 0 Å². The maximum absolute atomic E-state index is 4.80. The highest BCUT2D eigenvalue weighted by Gasteiger charge is 2.44. The van der Waals surface area contributed by atoms with E-state index in [0.29, 0.717) is 24.3 Å². The SMILES string of the molecule is Cc1ccc(CN2C3CC2CN(c2ccc(-c4nc(C)cc(Cc5cc(C)[nH]n5)n4)cn2)C3)cn1. The lowest BCUT2D eigenvalue weighted by molar-refractivity contribution is -0.00875. The number of aryl methyl sites for hydroxylation is 3. The Balaban J connectivity index is 1.13. The second-order valence-electron chi connectivity index (χ2n) is 9.88. The van der Waals surface area contributed by atoms with Crippen molar-refractivity contribution in [3.05, 3.63) is 82.8 Å². The van der Waals surface area contributed by atoms with Crippen LogP contribution in [0.4, 0.5) is 5.82 Å². The molecule has 4 aromatic heterocycles. The second kappa shape index (κ2) is 8.85. The monoisotopic (exact) mass is 466 g/mol. The topological polar surface area (TPSA) is 86.7 Å². The van der Waals surface area contributed by atoms with Crippen molar-refractivity contribution in [1.82, 2.24) is 35.0 Å². The van der Waals surface area contributed by atoms with Gasteiger partial charge in [-0.25, -0.2) is 15.0 Å². The number of pyridine rings is 2. The molecule has 3 saturated heterocycles. The average Bonchev–Trinajstić information content (AvgIpc) is 3.27. The van der Waals surface area contributed by atoms with Gasteiger partial charge in [0, 0.05) is 73.2 Å². The lowest BCUT2D eigenvalue weighted by Crippen LogP contribution is -2.68. The van der Waals surface area contributed by atoms with Crippen molar-refractivity contribution in [3.8, 4) is 11.4 Å². The summed E-state index contributed by atoms with van der Waals surface area (Å²) in [4.78, 5) is 23.7. The summed E-state index contributed by atoms with van der Waals surface area (Å²) >= 11 is 0. The largest absolute Gasteiger partial charge is 0.353 e. The molecule has 4 aromatic rings. The van der Waals surface area contributed by atoms with Gasteiger partial charge in [0.2, 0.25) is 0 Å². The maximum atomic E-state index is 4.80. The average molecular weight is 467 g/mol. The van der Waals surface area contributed by atoms with Gasteiger partial charge in [-0.05, 0) is 63.1 Å².